The first-order valence-corrected chi connectivity index (χ1v) is 7.44. The van der Waals surface area contributed by atoms with Gasteiger partial charge in [-0.05, 0) is 48.7 Å². The Morgan fingerprint density at radius 2 is 1.95 bits per heavy atom. The normalized spacial score (nSPS) is 10.8. The minimum atomic E-state index is 0.715. The van der Waals surface area contributed by atoms with E-state index in [1.807, 2.05) is 30.5 Å². The van der Waals surface area contributed by atoms with Gasteiger partial charge < -0.3 is 5.32 Å². The SMILES string of the molecule is Cc1ccccc1CCNc1ccnc2cc(Cl)ccc12. The van der Waals surface area contributed by atoms with Gasteiger partial charge in [0.25, 0.3) is 0 Å². The van der Waals surface area contributed by atoms with E-state index in [4.69, 9.17) is 11.6 Å². The fourth-order valence-electron chi connectivity index (χ4n) is 2.50. The summed E-state index contributed by atoms with van der Waals surface area (Å²) in [5, 5.41) is 5.32. The summed E-state index contributed by atoms with van der Waals surface area (Å²) in [6, 6.07) is 16.3. The largest absolute Gasteiger partial charge is 0.384 e. The van der Waals surface area contributed by atoms with Crippen molar-refractivity contribution in [2.45, 2.75) is 13.3 Å². The Labute approximate surface area is 129 Å². The number of halogens is 1. The van der Waals surface area contributed by atoms with Gasteiger partial charge >= 0.3 is 0 Å². The topological polar surface area (TPSA) is 24.9 Å². The maximum absolute atomic E-state index is 6.01. The molecule has 0 aliphatic rings. The quantitative estimate of drug-likeness (QED) is 0.744. The fourth-order valence-corrected chi connectivity index (χ4v) is 2.66. The van der Waals surface area contributed by atoms with Gasteiger partial charge in [-0.15, -0.1) is 0 Å². The van der Waals surface area contributed by atoms with E-state index in [0.29, 0.717) is 5.02 Å². The van der Waals surface area contributed by atoms with Crippen LogP contribution in [0.25, 0.3) is 10.9 Å². The molecule has 2 aromatic carbocycles. The van der Waals surface area contributed by atoms with Gasteiger partial charge in [-0.3, -0.25) is 4.98 Å². The highest BCUT2D eigenvalue weighted by molar-refractivity contribution is 6.31. The van der Waals surface area contributed by atoms with E-state index in [0.717, 1.165) is 29.6 Å². The monoisotopic (exact) mass is 296 g/mol. The molecule has 0 aliphatic heterocycles. The Morgan fingerprint density at radius 1 is 1.10 bits per heavy atom. The van der Waals surface area contributed by atoms with Gasteiger partial charge in [0.15, 0.2) is 0 Å². The van der Waals surface area contributed by atoms with Gasteiger partial charge in [-0.1, -0.05) is 35.9 Å². The van der Waals surface area contributed by atoms with E-state index < -0.39 is 0 Å². The molecule has 0 unspecified atom stereocenters. The van der Waals surface area contributed by atoms with Crippen LogP contribution in [0.3, 0.4) is 0 Å². The van der Waals surface area contributed by atoms with Crippen molar-refractivity contribution in [1.82, 2.24) is 4.98 Å². The smallest absolute Gasteiger partial charge is 0.0737 e. The molecule has 1 aromatic heterocycles. The number of hydrogen-bond donors (Lipinski definition) is 1. The molecule has 1 N–H and O–H groups in total. The number of pyridine rings is 1. The number of fused-ring (bicyclic) bond motifs is 1. The molecule has 0 saturated heterocycles. The van der Waals surface area contributed by atoms with Crippen molar-refractivity contribution in [2.24, 2.45) is 0 Å². The molecule has 0 radical (unpaired) electrons. The minimum absolute atomic E-state index is 0.715. The molecule has 3 heteroatoms. The third-order valence-corrected chi connectivity index (χ3v) is 3.91. The van der Waals surface area contributed by atoms with E-state index in [2.05, 4.69) is 41.5 Å². The summed E-state index contributed by atoms with van der Waals surface area (Å²) in [5.41, 5.74) is 4.74. The Morgan fingerprint density at radius 3 is 2.81 bits per heavy atom. The lowest BCUT2D eigenvalue weighted by Gasteiger charge is -2.10. The van der Waals surface area contributed by atoms with Crippen LogP contribution in [-0.2, 0) is 6.42 Å². The molecular formula is C18H17ClN2. The summed E-state index contributed by atoms with van der Waals surface area (Å²) in [7, 11) is 0. The summed E-state index contributed by atoms with van der Waals surface area (Å²) in [6.07, 6.45) is 2.82. The Balaban J connectivity index is 1.75. The number of rotatable bonds is 4. The number of hydrogen-bond acceptors (Lipinski definition) is 2. The zero-order chi connectivity index (χ0) is 14.7. The lowest BCUT2D eigenvalue weighted by Crippen LogP contribution is -2.06. The number of aromatic nitrogens is 1. The molecule has 0 fully saturated rings. The van der Waals surface area contributed by atoms with E-state index >= 15 is 0 Å². The van der Waals surface area contributed by atoms with Gasteiger partial charge in [-0.2, -0.15) is 0 Å². The summed E-state index contributed by atoms with van der Waals surface area (Å²) >= 11 is 6.01. The molecule has 0 saturated carbocycles. The third kappa shape index (κ3) is 3.17. The molecule has 21 heavy (non-hydrogen) atoms. The molecule has 106 valence electrons. The molecule has 2 nitrogen and oxygen atoms in total. The fraction of sp³-hybridized carbons (Fsp3) is 0.167. The minimum Gasteiger partial charge on any atom is -0.384 e. The molecule has 3 rings (SSSR count). The highest BCUT2D eigenvalue weighted by Gasteiger charge is 2.03. The van der Waals surface area contributed by atoms with Crippen molar-refractivity contribution < 1.29 is 0 Å². The third-order valence-electron chi connectivity index (χ3n) is 3.68. The predicted molar refractivity (Wildman–Crippen MR) is 90.1 cm³/mol. The predicted octanol–water partition coefficient (Wildman–Crippen LogP) is 4.85. The molecule has 0 spiro atoms. The van der Waals surface area contributed by atoms with Crippen molar-refractivity contribution in [1.29, 1.82) is 0 Å². The average molecular weight is 297 g/mol. The van der Waals surface area contributed by atoms with Crippen LogP contribution < -0.4 is 5.32 Å². The maximum Gasteiger partial charge on any atom is 0.0737 e. The highest BCUT2D eigenvalue weighted by Crippen LogP contribution is 2.24. The van der Waals surface area contributed by atoms with Crippen molar-refractivity contribution in [3.63, 3.8) is 0 Å². The Hall–Kier alpha value is -2.06. The number of aryl methyl sites for hydroxylation is 1. The highest BCUT2D eigenvalue weighted by atomic mass is 35.5. The molecule has 3 aromatic rings. The molecule has 0 atom stereocenters. The van der Waals surface area contributed by atoms with Gasteiger partial charge in [0.1, 0.15) is 0 Å². The first-order chi connectivity index (χ1) is 10.2. The van der Waals surface area contributed by atoms with Crippen LogP contribution in [0.5, 0.6) is 0 Å². The second-order valence-corrected chi connectivity index (χ2v) is 5.56. The van der Waals surface area contributed by atoms with Crippen LogP contribution in [0.4, 0.5) is 5.69 Å². The second kappa shape index (κ2) is 6.15. The molecule has 0 bridgehead atoms. The molecular weight excluding hydrogens is 280 g/mol. The summed E-state index contributed by atoms with van der Waals surface area (Å²) in [5.74, 6) is 0. The van der Waals surface area contributed by atoms with Gasteiger partial charge in [0.2, 0.25) is 0 Å². The Kier molecular flexibility index (Phi) is 4.07. The van der Waals surface area contributed by atoms with E-state index in [-0.39, 0.29) is 0 Å². The van der Waals surface area contributed by atoms with Crippen molar-refractivity contribution >= 4 is 28.2 Å². The lowest BCUT2D eigenvalue weighted by atomic mass is 10.1. The number of benzene rings is 2. The Bertz CT molecular complexity index is 768. The van der Waals surface area contributed by atoms with E-state index in [1.54, 1.807) is 0 Å². The average Bonchev–Trinajstić information content (AvgIpc) is 2.49. The van der Waals surface area contributed by atoms with Crippen molar-refractivity contribution in [3.05, 3.63) is 70.9 Å². The zero-order valence-corrected chi connectivity index (χ0v) is 12.7. The van der Waals surface area contributed by atoms with E-state index in [9.17, 15) is 0 Å². The summed E-state index contributed by atoms with van der Waals surface area (Å²) in [6.45, 7) is 3.05. The molecule has 0 aliphatic carbocycles. The van der Waals surface area contributed by atoms with Crippen LogP contribution >= 0.6 is 11.6 Å². The van der Waals surface area contributed by atoms with Gasteiger partial charge in [0, 0.05) is 28.8 Å². The molecule has 0 amide bonds. The zero-order valence-electron chi connectivity index (χ0n) is 11.9. The first kappa shape index (κ1) is 13.9. The first-order valence-electron chi connectivity index (χ1n) is 7.07. The van der Waals surface area contributed by atoms with Crippen LogP contribution in [0.1, 0.15) is 11.1 Å². The number of nitrogens with zero attached hydrogens (tertiary/aromatic N) is 1. The van der Waals surface area contributed by atoms with Gasteiger partial charge in [0.05, 0.1) is 5.52 Å². The second-order valence-electron chi connectivity index (χ2n) is 5.12. The lowest BCUT2D eigenvalue weighted by molar-refractivity contribution is 1.01. The summed E-state index contributed by atoms with van der Waals surface area (Å²) < 4.78 is 0. The van der Waals surface area contributed by atoms with Crippen LogP contribution in [0, 0.1) is 6.92 Å². The van der Waals surface area contributed by atoms with E-state index in [1.165, 1.54) is 11.1 Å². The van der Waals surface area contributed by atoms with Crippen LogP contribution in [0.2, 0.25) is 5.02 Å². The van der Waals surface area contributed by atoms with Crippen LogP contribution in [-0.4, -0.2) is 11.5 Å². The number of nitrogens with one attached hydrogen (secondary N) is 1. The standard InChI is InChI=1S/C18H17ClN2/c1-13-4-2-3-5-14(13)8-10-20-17-9-11-21-18-12-15(19)6-7-16(17)18/h2-7,9,11-12H,8,10H2,1H3,(H,20,21). The maximum atomic E-state index is 6.01. The number of anilines is 1. The molecule has 1 heterocycles. The van der Waals surface area contributed by atoms with Crippen molar-refractivity contribution in [2.75, 3.05) is 11.9 Å². The van der Waals surface area contributed by atoms with Gasteiger partial charge in [-0.25, -0.2) is 0 Å². The van der Waals surface area contributed by atoms with Crippen LogP contribution in [0.15, 0.2) is 54.7 Å². The summed E-state index contributed by atoms with van der Waals surface area (Å²) in [4.78, 5) is 4.36. The van der Waals surface area contributed by atoms with Crippen molar-refractivity contribution in [3.8, 4) is 0 Å².